The molecule has 2 atom stereocenters. The summed E-state index contributed by atoms with van der Waals surface area (Å²) in [6.07, 6.45) is 5.36. The molecular weight excluding hydrogens is 232 g/mol. The van der Waals surface area contributed by atoms with Crippen molar-refractivity contribution in [3.8, 4) is 0 Å². The van der Waals surface area contributed by atoms with Crippen LogP contribution in [0.25, 0.3) is 0 Å². The lowest BCUT2D eigenvalue weighted by Crippen LogP contribution is -2.38. The molecule has 1 fully saturated rings. The largest absolute Gasteiger partial charge is 0.329 e. The SMILES string of the molecule is CCn1cc(C(CN)N(C)C2CCSC2)cn1. The smallest absolute Gasteiger partial charge is 0.0538 e. The van der Waals surface area contributed by atoms with E-state index in [-0.39, 0.29) is 0 Å². The van der Waals surface area contributed by atoms with E-state index >= 15 is 0 Å². The zero-order valence-electron chi connectivity index (χ0n) is 10.7. The van der Waals surface area contributed by atoms with Crippen molar-refractivity contribution < 1.29 is 0 Å². The van der Waals surface area contributed by atoms with Crippen molar-refractivity contribution >= 4 is 11.8 Å². The number of aryl methyl sites for hydroxylation is 1. The second-order valence-corrected chi connectivity index (χ2v) is 5.71. The van der Waals surface area contributed by atoms with Gasteiger partial charge in [-0.25, -0.2) is 0 Å². The molecule has 2 N–H and O–H groups in total. The Morgan fingerprint density at radius 3 is 3.06 bits per heavy atom. The lowest BCUT2D eigenvalue weighted by molar-refractivity contribution is 0.193. The summed E-state index contributed by atoms with van der Waals surface area (Å²) in [5.41, 5.74) is 7.18. The molecule has 17 heavy (non-hydrogen) atoms. The number of nitrogens with two attached hydrogens (primary N) is 1. The number of rotatable bonds is 5. The Bertz CT molecular complexity index is 346. The molecule has 1 aliphatic heterocycles. The highest BCUT2D eigenvalue weighted by atomic mass is 32.2. The summed E-state index contributed by atoms with van der Waals surface area (Å²) in [6, 6.07) is 0.970. The van der Waals surface area contributed by atoms with Crippen LogP contribution in [-0.2, 0) is 6.54 Å². The average molecular weight is 254 g/mol. The number of hydrogen-bond acceptors (Lipinski definition) is 4. The molecule has 0 aromatic carbocycles. The summed E-state index contributed by atoms with van der Waals surface area (Å²) < 4.78 is 1.97. The van der Waals surface area contributed by atoms with Crippen LogP contribution in [0.1, 0.15) is 24.9 Å². The summed E-state index contributed by atoms with van der Waals surface area (Å²) in [4.78, 5) is 2.43. The molecule has 1 aromatic rings. The van der Waals surface area contributed by atoms with E-state index in [9.17, 15) is 0 Å². The van der Waals surface area contributed by atoms with E-state index in [0.717, 1.165) is 6.54 Å². The minimum absolute atomic E-state index is 0.305. The van der Waals surface area contributed by atoms with Crippen LogP contribution in [0.4, 0.5) is 0 Å². The summed E-state index contributed by atoms with van der Waals surface area (Å²) in [7, 11) is 2.19. The molecule has 0 aliphatic carbocycles. The second-order valence-electron chi connectivity index (χ2n) is 4.56. The first-order valence-electron chi connectivity index (χ1n) is 6.28. The molecule has 2 heterocycles. The van der Waals surface area contributed by atoms with Crippen molar-refractivity contribution in [2.75, 3.05) is 25.1 Å². The van der Waals surface area contributed by atoms with E-state index in [4.69, 9.17) is 5.73 Å². The molecule has 1 saturated heterocycles. The Morgan fingerprint density at radius 2 is 2.53 bits per heavy atom. The Balaban J connectivity index is 2.08. The van der Waals surface area contributed by atoms with Gasteiger partial charge in [-0.3, -0.25) is 9.58 Å². The standard InChI is InChI=1S/C12H22N4S/c1-3-16-8-10(7-14-16)12(6-13)15(2)11-4-5-17-9-11/h7-8,11-12H,3-6,9,13H2,1-2H3. The van der Waals surface area contributed by atoms with Crippen LogP contribution in [0.5, 0.6) is 0 Å². The molecule has 0 amide bonds. The minimum atomic E-state index is 0.305. The maximum absolute atomic E-state index is 5.94. The van der Waals surface area contributed by atoms with Crippen LogP contribution in [0.3, 0.4) is 0 Å². The Kier molecular flexibility index (Phi) is 4.48. The minimum Gasteiger partial charge on any atom is -0.329 e. The molecule has 0 saturated carbocycles. The van der Waals surface area contributed by atoms with Crippen molar-refractivity contribution in [3.05, 3.63) is 18.0 Å². The van der Waals surface area contributed by atoms with Gasteiger partial charge in [0.1, 0.15) is 0 Å². The molecule has 0 bridgehead atoms. The third kappa shape index (κ3) is 2.84. The van der Waals surface area contributed by atoms with Crippen LogP contribution < -0.4 is 5.73 Å². The fraction of sp³-hybridized carbons (Fsp3) is 0.750. The van der Waals surface area contributed by atoms with E-state index in [1.54, 1.807) is 0 Å². The number of thioether (sulfide) groups is 1. The van der Waals surface area contributed by atoms with Gasteiger partial charge in [0.25, 0.3) is 0 Å². The van der Waals surface area contributed by atoms with Crippen LogP contribution in [-0.4, -0.2) is 45.8 Å². The maximum atomic E-state index is 5.94. The normalized spacial score (nSPS) is 22.2. The third-order valence-electron chi connectivity index (χ3n) is 3.56. The zero-order valence-corrected chi connectivity index (χ0v) is 11.5. The fourth-order valence-electron chi connectivity index (χ4n) is 2.36. The fourth-order valence-corrected chi connectivity index (χ4v) is 3.64. The first-order chi connectivity index (χ1) is 8.26. The Hall–Kier alpha value is -0.520. The third-order valence-corrected chi connectivity index (χ3v) is 4.70. The Labute approximate surface area is 108 Å². The lowest BCUT2D eigenvalue weighted by Gasteiger charge is -2.31. The van der Waals surface area contributed by atoms with E-state index in [1.807, 2.05) is 22.6 Å². The van der Waals surface area contributed by atoms with E-state index < -0.39 is 0 Å². The molecule has 0 spiro atoms. The molecule has 1 aliphatic rings. The van der Waals surface area contributed by atoms with Crippen LogP contribution in [0.15, 0.2) is 12.4 Å². The molecule has 2 unspecified atom stereocenters. The quantitative estimate of drug-likeness (QED) is 0.861. The van der Waals surface area contributed by atoms with Crippen molar-refractivity contribution in [1.29, 1.82) is 0 Å². The zero-order chi connectivity index (χ0) is 12.3. The van der Waals surface area contributed by atoms with Gasteiger partial charge >= 0.3 is 0 Å². The highest BCUT2D eigenvalue weighted by molar-refractivity contribution is 7.99. The van der Waals surface area contributed by atoms with Gasteiger partial charge in [0.15, 0.2) is 0 Å². The number of hydrogen-bond donors (Lipinski definition) is 1. The molecule has 5 heteroatoms. The average Bonchev–Trinajstić information content (AvgIpc) is 3.01. The summed E-state index contributed by atoms with van der Waals surface area (Å²) in [5, 5.41) is 4.34. The van der Waals surface area contributed by atoms with Gasteiger partial charge in [0, 0.05) is 36.6 Å². The van der Waals surface area contributed by atoms with Crippen molar-refractivity contribution in [1.82, 2.24) is 14.7 Å². The highest BCUT2D eigenvalue weighted by Gasteiger charge is 2.26. The van der Waals surface area contributed by atoms with Crippen LogP contribution in [0.2, 0.25) is 0 Å². The Morgan fingerprint density at radius 1 is 1.71 bits per heavy atom. The maximum Gasteiger partial charge on any atom is 0.0538 e. The van der Waals surface area contributed by atoms with Gasteiger partial charge in [0.2, 0.25) is 0 Å². The van der Waals surface area contributed by atoms with E-state index in [0.29, 0.717) is 18.6 Å². The predicted molar refractivity (Wildman–Crippen MR) is 73.2 cm³/mol. The van der Waals surface area contributed by atoms with Gasteiger partial charge in [-0.1, -0.05) is 0 Å². The lowest BCUT2D eigenvalue weighted by atomic mass is 10.1. The predicted octanol–water partition coefficient (Wildman–Crippen LogP) is 1.34. The van der Waals surface area contributed by atoms with E-state index in [2.05, 4.69) is 30.2 Å². The summed E-state index contributed by atoms with van der Waals surface area (Å²) >= 11 is 2.04. The summed E-state index contributed by atoms with van der Waals surface area (Å²) in [5.74, 6) is 2.51. The van der Waals surface area contributed by atoms with Crippen molar-refractivity contribution in [3.63, 3.8) is 0 Å². The first-order valence-corrected chi connectivity index (χ1v) is 7.43. The van der Waals surface area contributed by atoms with Crippen LogP contribution >= 0.6 is 11.8 Å². The van der Waals surface area contributed by atoms with E-state index in [1.165, 1.54) is 23.5 Å². The molecule has 0 radical (unpaired) electrons. The van der Waals surface area contributed by atoms with Crippen LogP contribution in [0, 0.1) is 0 Å². The molecule has 4 nitrogen and oxygen atoms in total. The molecule has 2 rings (SSSR count). The van der Waals surface area contributed by atoms with Gasteiger partial charge in [-0.2, -0.15) is 16.9 Å². The number of nitrogens with zero attached hydrogens (tertiary/aromatic N) is 3. The summed E-state index contributed by atoms with van der Waals surface area (Å²) in [6.45, 7) is 3.68. The molecule has 96 valence electrons. The topological polar surface area (TPSA) is 47.1 Å². The first kappa shape index (κ1) is 12.9. The van der Waals surface area contributed by atoms with Gasteiger partial charge in [0.05, 0.1) is 12.2 Å². The van der Waals surface area contributed by atoms with Gasteiger partial charge in [-0.05, 0) is 26.1 Å². The van der Waals surface area contributed by atoms with Gasteiger partial charge < -0.3 is 5.73 Å². The van der Waals surface area contributed by atoms with Crippen molar-refractivity contribution in [2.24, 2.45) is 5.73 Å². The monoisotopic (exact) mass is 254 g/mol. The highest BCUT2D eigenvalue weighted by Crippen LogP contribution is 2.27. The second kappa shape index (κ2) is 5.89. The molecule has 1 aromatic heterocycles. The number of aromatic nitrogens is 2. The van der Waals surface area contributed by atoms with Crippen molar-refractivity contribution in [2.45, 2.75) is 32.0 Å². The van der Waals surface area contributed by atoms with Gasteiger partial charge in [-0.15, -0.1) is 0 Å². The molecular formula is C12H22N4S. The number of likely N-dealkylation sites (N-methyl/N-ethyl adjacent to an activating group) is 1.